The first-order chi connectivity index (χ1) is 11.0. The van der Waals surface area contributed by atoms with Gasteiger partial charge in [-0.05, 0) is 55.7 Å². The van der Waals surface area contributed by atoms with E-state index >= 15 is 0 Å². The zero-order chi connectivity index (χ0) is 16.6. The molecule has 1 aliphatic rings. The van der Waals surface area contributed by atoms with Crippen LogP contribution in [0.3, 0.4) is 0 Å². The number of benzene rings is 2. The van der Waals surface area contributed by atoms with Crippen LogP contribution in [0.4, 0.5) is 11.4 Å². The van der Waals surface area contributed by atoms with Gasteiger partial charge >= 0.3 is 0 Å². The Bertz CT molecular complexity index is 796. The standard InChI is InChI=1S/C19H20N2O2/c1-12-4-6-17(13(2)10-12)19(23)20-16-5-7-18-15(11-16)8-9-21(18)14(3)22/h4-7,10-11H,8-9H2,1-3H3,(H,20,23). The zero-order valence-corrected chi connectivity index (χ0v) is 13.6. The van der Waals surface area contributed by atoms with Gasteiger partial charge in [0.2, 0.25) is 5.91 Å². The van der Waals surface area contributed by atoms with E-state index in [4.69, 9.17) is 0 Å². The van der Waals surface area contributed by atoms with E-state index in [-0.39, 0.29) is 11.8 Å². The van der Waals surface area contributed by atoms with Crippen molar-refractivity contribution in [3.8, 4) is 0 Å². The Morgan fingerprint density at radius 1 is 1.09 bits per heavy atom. The van der Waals surface area contributed by atoms with Gasteiger partial charge in [-0.15, -0.1) is 0 Å². The van der Waals surface area contributed by atoms with Gasteiger partial charge in [0.1, 0.15) is 0 Å². The number of nitrogens with one attached hydrogen (secondary N) is 1. The molecule has 1 heterocycles. The lowest BCUT2D eigenvalue weighted by Crippen LogP contribution is -2.25. The summed E-state index contributed by atoms with van der Waals surface area (Å²) in [6, 6.07) is 11.5. The maximum absolute atomic E-state index is 12.4. The highest BCUT2D eigenvalue weighted by Gasteiger charge is 2.22. The van der Waals surface area contributed by atoms with E-state index in [2.05, 4.69) is 5.32 Å². The van der Waals surface area contributed by atoms with E-state index in [1.807, 2.05) is 50.2 Å². The molecule has 0 unspecified atom stereocenters. The fourth-order valence-corrected chi connectivity index (χ4v) is 3.07. The number of carbonyl (C=O) groups excluding carboxylic acids is 2. The lowest BCUT2D eigenvalue weighted by molar-refractivity contribution is -0.116. The summed E-state index contributed by atoms with van der Waals surface area (Å²) in [5, 5.41) is 2.95. The number of aryl methyl sites for hydroxylation is 2. The zero-order valence-electron chi connectivity index (χ0n) is 13.6. The van der Waals surface area contributed by atoms with Crippen LogP contribution >= 0.6 is 0 Å². The van der Waals surface area contributed by atoms with Crippen LogP contribution in [-0.2, 0) is 11.2 Å². The molecule has 4 nitrogen and oxygen atoms in total. The molecular formula is C19H20N2O2. The Balaban J connectivity index is 1.81. The molecule has 23 heavy (non-hydrogen) atoms. The molecule has 4 heteroatoms. The normalized spacial score (nSPS) is 12.9. The number of amides is 2. The first-order valence-electron chi connectivity index (χ1n) is 7.75. The van der Waals surface area contributed by atoms with Crippen molar-refractivity contribution in [2.75, 3.05) is 16.8 Å². The van der Waals surface area contributed by atoms with Crippen LogP contribution in [-0.4, -0.2) is 18.4 Å². The van der Waals surface area contributed by atoms with E-state index < -0.39 is 0 Å². The van der Waals surface area contributed by atoms with Gasteiger partial charge in [-0.25, -0.2) is 0 Å². The largest absolute Gasteiger partial charge is 0.322 e. The summed E-state index contributed by atoms with van der Waals surface area (Å²) < 4.78 is 0. The fraction of sp³-hybridized carbons (Fsp3) is 0.263. The molecule has 2 aromatic rings. The smallest absolute Gasteiger partial charge is 0.255 e. The number of anilines is 2. The molecule has 0 radical (unpaired) electrons. The van der Waals surface area contributed by atoms with E-state index in [0.717, 1.165) is 34.5 Å². The summed E-state index contributed by atoms with van der Waals surface area (Å²) in [5.74, 6) is -0.0558. The summed E-state index contributed by atoms with van der Waals surface area (Å²) in [6.45, 7) is 6.23. The lowest BCUT2D eigenvalue weighted by atomic mass is 10.0. The Kier molecular flexibility index (Phi) is 3.90. The van der Waals surface area contributed by atoms with Gasteiger partial charge in [0.25, 0.3) is 5.91 Å². The minimum Gasteiger partial charge on any atom is -0.322 e. The molecule has 0 fully saturated rings. The van der Waals surface area contributed by atoms with E-state index in [0.29, 0.717) is 12.1 Å². The quantitative estimate of drug-likeness (QED) is 0.923. The van der Waals surface area contributed by atoms with Crippen molar-refractivity contribution in [1.29, 1.82) is 0 Å². The van der Waals surface area contributed by atoms with Gasteiger partial charge in [-0.2, -0.15) is 0 Å². The fourth-order valence-electron chi connectivity index (χ4n) is 3.07. The molecule has 0 saturated heterocycles. The summed E-state index contributed by atoms with van der Waals surface area (Å²) in [4.78, 5) is 25.8. The molecule has 0 bridgehead atoms. The highest BCUT2D eigenvalue weighted by atomic mass is 16.2. The topological polar surface area (TPSA) is 49.4 Å². The third-order valence-corrected chi connectivity index (χ3v) is 4.24. The van der Waals surface area contributed by atoms with Crippen LogP contribution in [0.25, 0.3) is 0 Å². The maximum atomic E-state index is 12.4. The van der Waals surface area contributed by atoms with Crippen molar-refractivity contribution in [2.45, 2.75) is 27.2 Å². The molecule has 0 saturated carbocycles. The van der Waals surface area contributed by atoms with E-state index in [1.165, 1.54) is 0 Å². The molecule has 0 aliphatic carbocycles. The van der Waals surface area contributed by atoms with Crippen molar-refractivity contribution < 1.29 is 9.59 Å². The number of fused-ring (bicyclic) bond motifs is 1. The van der Waals surface area contributed by atoms with Crippen LogP contribution in [0.15, 0.2) is 36.4 Å². The van der Waals surface area contributed by atoms with Gasteiger partial charge < -0.3 is 10.2 Å². The maximum Gasteiger partial charge on any atom is 0.255 e. The second-order valence-corrected chi connectivity index (χ2v) is 6.04. The number of rotatable bonds is 2. The monoisotopic (exact) mass is 308 g/mol. The third-order valence-electron chi connectivity index (χ3n) is 4.24. The number of carbonyl (C=O) groups is 2. The third kappa shape index (κ3) is 2.97. The molecule has 0 spiro atoms. The second kappa shape index (κ2) is 5.88. The number of hydrogen-bond donors (Lipinski definition) is 1. The van der Waals surface area contributed by atoms with Gasteiger partial charge in [-0.3, -0.25) is 9.59 Å². The van der Waals surface area contributed by atoms with Crippen molar-refractivity contribution in [2.24, 2.45) is 0 Å². The minimum absolute atomic E-state index is 0.0517. The van der Waals surface area contributed by atoms with Crippen LogP contribution in [0.2, 0.25) is 0 Å². The summed E-state index contributed by atoms with van der Waals surface area (Å²) in [6.07, 6.45) is 0.822. The molecule has 1 N–H and O–H groups in total. The van der Waals surface area contributed by atoms with Crippen molar-refractivity contribution in [1.82, 2.24) is 0 Å². The highest BCUT2D eigenvalue weighted by Crippen LogP contribution is 2.30. The summed E-state index contributed by atoms with van der Waals surface area (Å²) in [7, 11) is 0. The van der Waals surface area contributed by atoms with Crippen LogP contribution in [0.5, 0.6) is 0 Å². The average molecular weight is 308 g/mol. The summed E-state index contributed by atoms with van der Waals surface area (Å²) in [5.41, 5.74) is 5.59. The Morgan fingerprint density at radius 2 is 1.87 bits per heavy atom. The van der Waals surface area contributed by atoms with Crippen LogP contribution < -0.4 is 10.2 Å². The Hall–Kier alpha value is -2.62. The Labute approximate surface area is 136 Å². The average Bonchev–Trinajstić information content (AvgIpc) is 2.90. The van der Waals surface area contributed by atoms with Crippen LogP contribution in [0.1, 0.15) is 34.0 Å². The molecule has 2 amide bonds. The molecular weight excluding hydrogens is 288 g/mol. The summed E-state index contributed by atoms with van der Waals surface area (Å²) >= 11 is 0. The molecule has 0 aromatic heterocycles. The highest BCUT2D eigenvalue weighted by molar-refractivity contribution is 6.05. The van der Waals surface area contributed by atoms with Gasteiger partial charge in [0.05, 0.1) is 0 Å². The number of hydrogen-bond acceptors (Lipinski definition) is 2. The van der Waals surface area contributed by atoms with Crippen molar-refractivity contribution in [3.63, 3.8) is 0 Å². The molecule has 1 aliphatic heterocycles. The first kappa shape index (κ1) is 15.3. The van der Waals surface area contributed by atoms with Gasteiger partial charge in [0, 0.05) is 30.4 Å². The molecule has 118 valence electrons. The van der Waals surface area contributed by atoms with E-state index in [9.17, 15) is 9.59 Å². The van der Waals surface area contributed by atoms with Gasteiger partial charge in [-0.1, -0.05) is 17.7 Å². The van der Waals surface area contributed by atoms with E-state index in [1.54, 1.807) is 11.8 Å². The predicted molar refractivity (Wildman–Crippen MR) is 92.0 cm³/mol. The molecule has 3 rings (SSSR count). The van der Waals surface area contributed by atoms with Crippen LogP contribution in [0, 0.1) is 13.8 Å². The lowest BCUT2D eigenvalue weighted by Gasteiger charge is -2.15. The first-order valence-corrected chi connectivity index (χ1v) is 7.75. The molecule has 2 aromatic carbocycles. The number of nitrogens with zero attached hydrogens (tertiary/aromatic N) is 1. The van der Waals surface area contributed by atoms with Crippen molar-refractivity contribution >= 4 is 23.2 Å². The van der Waals surface area contributed by atoms with Gasteiger partial charge in [0.15, 0.2) is 0 Å². The SMILES string of the molecule is CC(=O)N1CCc2cc(NC(=O)c3ccc(C)cc3C)ccc21. The van der Waals surface area contributed by atoms with Crippen molar-refractivity contribution in [3.05, 3.63) is 58.7 Å². The predicted octanol–water partition coefficient (Wildman–Crippen LogP) is 3.46. The Morgan fingerprint density at radius 3 is 2.57 bits per heavy atom. The molecule has 0 atom stereocenters. The second-order valence-electron chi connectivity index (χ2n) is 6.04. The minimum atomic E-state index is -0.108.